The summed E-state index contributed by atoms with van der Waals surface area (Å²) < 4.78 is 16.7. The molecule has 1 fully saturated rings. The molecular formula is C17H25NO4. The number of morpholine rings is 1. The SMILES string of the molecule is CC(C)(C)OC(=O)N1CCO[C@H](COCc2ccccc2)C1. The van der Waals surface area contributed by atoms with Crippen LogP contribution in [0.2, 0.25) is 0 Å². The minimum absolute atomic E-state index is 0.106. The van der Waals surface area contributed by atoms with E-state index in [0.717, 1.165) is 5.56 Å². The molecule has 0 radical (unpaired) electrons. The highest BCUT2D eigenvalue weighted by atomic mass is 16.6. The van der Waals surface area contributed by atoms with Crippen molar-refractivity contribution in [3.8, 4) is 0 Å². The van der Waals surface area contributed by atoms with E-state index >= 15 is 0 Å². The van der Waals surface area contributed by atoms with Crippen molar-refractivity contribution in [1.29, 1.82) is 0 Å². The van der Waals surface area contributed by atoms with E-state index in [1.165, 1.54) is 0 Å². The average molecular weight is 307 g/mol. The highest BCUT2D eigenvalue weighted by Crippen LogP contribution is 2.13. The van der Waals surface area contributed by atoms with Gasteiger partial charge in [-0.3, -0.25) is 0 Å². The maximum atomic E-state index is 12.1. The number of carbonyl (C=O) groups excluding carboxylic acids is 1. The zero-order valence-corrected chi connectivity index (χ0v) is 13.6. The second kappa shape index (κ2) is 7.61. The molecule has 1 aliphatic rings. The fraction of sp³-hybridized carbons (Fsp3) is 0.588. The minimum atomic E-state index is -0.477. The summed E-state index contributed by atoms with van der Waals surface area (Å²) in [4.78, 5) is 13.7. The lowest BCUT2D eigenvalue weighted by molar-refractivity contribution is -0.0750. The molecule has 1 heterocycles. The third kappa shape index (κ3) is 5.66. The van der Waals surface area contributed by atoms with Gasteiger partial charge in [-0.2, -0.15) is 0 Å². The van der Waals surface area contributed by atoms with Crippen molar-refractivity contribution in [2.75, 3.05) is 26.3 Å². The number of hydrogen-bond donors (Lipinski definition) is 0. The number of hydrogen-bond acceptors (Lipinski definition) is 4. The largest absolute Gasteiger partial charge is 0.444 e. The number of benzene rings is 1. The molecule has 0 aliphatic carbocycles. The Hall–Kier alpha value is -1.59. The molecule has 1 atom stereocenters. The van der Waals surface area contributed by atoms with Crippen LogP contribution in [0.25, 0.3) is 0 Å². The molecule has 122 valence electrons. The summed E-state index contributed by atoms with van der Waals surface area (Å²) in [5.74, 6) is 0. The topological polar surface area (TPSA) is 48.0 Å². The number of amides is 1. The smallest absolute Gasteiger partial charge is 0.410 e. The molecule has 1 aromatic carbocycles. The van der Waals surface area contributed by atoms with Gasteiger partial charge in [0.25, 0.3) is 0 Å². The van der Waals surface area contributed by atoms with Gasteiger partial charge < -0.3 is 19.1 Å². The summed E-state index contributed by atoms with van der Waals surface area (Å²) in [6.45, 7) is 8.19. The maximum Gasteiger partial charge on any atom is 0.410 e. The summed E-state index contributed by atoms with van der Waals surface area (Å²) >= 11 is 0. The van der Waals surface area contributed by atoms with Crippen LogP contribution in [0, 0.1) is 0 Å². The number of carbonyl (C=O) groups is 1. The minimum Gasteiger partial charge on any atom is -0.444 e. The molecule has 1 aliphatic heterocycles. The number of nitrogens with zero attached hydrogens (tertiary/aromatic N) is 1. The first-order chi connectivity index (χ1) is 10.4. The first kappa shape index (κ1) is 16.8. The second-order valence-electron chi connectivity index (χ2n) is 6.42. The van der Waals surface area contributed by atoms with Crippen molar-refractivity contribution in [3.63, 3.8) is 0 Å². The van der Waals surface area contributed by atoms with Gasteiger partial charge in [-0.05, 0) is 26.3 Å². The van der Waals surface area contributed by atoms with Crippen LogP contribution in [0.5, 0.6) is 0 Å². The van der Waals surface area contributed by atoms with E-state index in [2.05, 4.69) is 0 Å². The highest BCUT2D eigenvalue weighted by molar-refractivity contribution is 5.68. The lowest BCUT2D eigenvalue weighted by Crippen LogP contribution is -2.48. The molecule has 22 heavy (non-hydrogen) atoms. The molecule has 1 saturated heterocycles. The average Bonchev–Trinajstić information content (AvgIpc) is 2.47. The van der Waals surface area contributed by atoms with E-state index < -0.39 is 5.60 Å². The van der Waals surface area contributed by atoms with E-state index in [-0.39, 0.29) is 12.2 Å². The van der Waals surface area contributed by atoms with Crippen molar-refractivity contribution in [2.24, 2.45) is 0 Å². The predicted octanol–water partition coefficient (Wildman–Crippen LogP) is 2.84. The third-order valence-electron chi connectivity index (χ3n) is 3.21. The molecule has 0 saturated carbocycles. The van der Waals surface area contributed by atoms with Gasteiger partial charge >= 0.3 is 6.09 Å². The van der Waals surface area contributed by atoms with Crippen molar-refractivity contribution in [1.82, 2.24) is 4.90 Å². The summed E-state index contributed by atoms with van der Waals surface area (Å²) in [6, 6.07) is 10.00. The Morgan fingerprint density at radius 3 is 2.73 bits per heavy atom. The van der Waals surface area contributed by atoms with E-state index in [4.69, 9.17) is 14.2 Å². The first-order valence-electron chi connectivity index (χ1n) is 7.65. The standard InChI is InChI=1S/C17H25NO4/c1-17(2,3)22-16(19)18-9-10-21-15(11-18)13-20-12-14-7-5-4-6-8-14/h4-8,15H,9-13H2,1-3H3/t15-/m0/s1. The molecule has 1 amide bonds. The van der Waals surface area contributed by atoms with Gasteiger partial charge in [0.1, 0.15) is 5.60 Å². The highest BCUT2D eigenvalue weighted by Gasteiger charge is 2.28. The molecule has 0 bridgehead atoms. The Kier molecular flexibility index (Phi) is 5.80. The van der Waals surface area contributed by atoms with Crippen LogP contribution >= 0.6 is 0 Å². The van der Waals surface area contributed by atoms with Crippen molar-refractivity contribution in [2.45, 2.75) is 39.1 Å². The molecule has 2 rings (SSSR count). The van der Waals surface area contributed by atoms with Crippen LogP contribution in [0.15, 0.2) is 30.3 Å². The van der Waals surface area contributed by atoms with Gasteiger partial charge in [0, 0.05) is 6.54 Å². The predicted molar refractivity (Wildman–Crippen MR) is 83.6 cm³/mol. The molecule has 0 unspecified atom stereocenters. The summed E-state index contributed by atoms with van der Waals surface area (Å²) in [7, 11) is 0. The molecule has 0 aromatic heterocycles. The van der Waals surface area contributed by atoms with E-state index in [9.17, 15) is 4.79 Å². The van der Waals surface area contributed by atoms with Crippen LogP contribution in [0.1, 0.15) is 26.3 Å². The molecule has 1 aromatic rings. The van der Waals surface area contributed by atoms with Crippen molar-refractivity contribution in [3.05, 3.63) is 35.9 Å². The van der Waals surface area contributed by atoms with Crippen LogP contribution in [-0.2, 0) is 20.8 Å². The van der Waals surface area contributed by atoms with Gasteiger partial charge in [-0.25, -0.2) is 4.79 Å². The van der Waals surface area contributed by atoms with Gasteiger partial charge in [0.15, 0.2) is 0 Å². The Morgan fingerprint density at radius 2 is 2.05 bits per heavy atom. The van der Waals surface area contributed by atoms with E-state index in [0.29, 0.717) is 32.9 Å². The fourth-order valence-corrected chi connectivity index (χ4v) is 2.19. The van der Waals surface area contributed by atoms with E-state index in [1.807, 2.05) is 51.1 Å². The Balaban J connectivity index is 1.75. The Labute approximate surface area is 132 Å². The molecule has 5 nitrogen and oxygen atoms in total. The lowest BCUT2D eigenvalue weighted by Gasteiger charge is -2.34. The third-order valence-corrected chi connectivity index (χ3v) is 3.21. The van der Waals surface area contributed by atoms with Crippen LogP contribution in [-0.4, -0.2) is 49.0 Å². The summed E-state index contributed by atoms with van der Waals surface area (Å²) in [6.07, 6.45) is -0.395. The van der Waals surface area contributed by atoms with Gasteiger partial charge in [0.05, 0.1) is 32.5 Å². The molecule has 0 N–H and O–H groups in total. The fourth-order valence-electron chi connectivity index (χ4n) is 2.19. The van der Waals surface area contributed by atoms with Gasteiger partial charge in [-0.1, -0.05) is 30.3 Å². The number of ether oxygens (including phenoxy) is 3. The molecule has 5 heteroatoms. The van der Waals surface area contributed by atoms with Gasteiger partial charge in [0.2, 0.25) is 0 Å². The summed E-state index contributed by atoms with van der Waals surface area (Å²) in [5.41, 5.74) is 0.650. The Morgan fingerprint density at radius 1 is 1.32 bits per heavy atom. The first-order valence-corrected chi connectivity index (χ1v) is 7.65. The quantitative estimate of drug-likeness (QED) is 0.858. The second-order valence-corrected chi connectivity index (χ2v) is 6.42. The zero-order chi connectivity index (χ0) is 16.0. The van der Waals surface area contributed by atoms with E-state index in [1.54, 1.807) is 4.90 Å². The molecular weight excluding hydrogens is 282 g/mol. The Bertz CT molecular complexity index is 469. The van der Waals surface area contributed by atoms with Crippen LogP contribution < -0.4 is 0 Å². The van der Waals surface area contributed by atoms with Crippen LogP contribution in [0.4, 0.5) is 4.79 Å². The monoisotopic (exact) mass is 307 g/mol. The lowest BCUT2D eigenvalue weighted by atomic mass is 10.2. The number of rotatable bonds is 4. The van der Waals surface area contributed by atoms with Crippen molar-refractivity contribution >= 4 is 6.09 Å². The van der Waals surface area contributed by atoms with Crippen LogP contribution in [0.3, 0.4) is 0 Å². The zero-order valence-electron chi connectivity index (χ0n) is 13.6. The summed E-state index contributed by atoms with van der Waals surface area (Å²) in [5, 5.41) is 0. The maximum absolute atomic E-state index is 12.1. The van der Waals surface area contributed by atoms with Crippen molar-refractivity contribution < 1.29 is 19.0 Å². The normalized spacial score (nSPS) is 19.0. The van der Waals surface area contributed by atoms with Gasteiger partial charge in [-0.15, -0.1) is 0 Å². The molecule has 0 spiro atoms.